The van der Waals surface area contributed by atoms with Gasteiger partial charge in [-0.05, 0) is 12.1 Å². The Morgan fingerprint density at radius 1 is 1.17 bits per heavy atom. The molecule has 168 valence electrons. The number of hydrogen-bond donors (Lipinski definition) is 6. The molecule has 3 rings (SSSR count). The number of rotatable bonds is 8. The average Bonchev–Trinajstić information content (AvgIpc) is 3.13. The number of aliphatic hydroxyl groups excluding tert-OH is 1. The minimum atomic E-state index is -5.61. The molecule has 16 nitrogen and oxygen atoms in total. The Kier molecular flexibility index (Phi) is 6.52. The Hall–Kier alpha value is -1.25. The van der Waals surface area contributed by atoms with Gasteiger partial charge in [0.1, 0.15) is 17.9 Å². The Morgan fingerprint density at radius 3 is 2.53 bits per heavy atom. The lowest BCUT2D eigenvalue weighted by Gasteiger charge is -2.18. The highest BCUT2D eigenvalue weighted by atomic mass is 31.3. The summed E-state index contributed by atoms with van der Waals surface area (Å²) in [5, 5.41) is 14.3. The van der Waals surface area contributed by atoms with Gasteiger partial charge in [-0.25, -0.2) is 23.2 Å². The molecule has 0 aromatic carbocycles. The summed E-state index contributed by atoms with van der Waals surface area (Å²) in [4.78, 5) is 39.4. The first-order chi connectivity index (χ1) is 13.8. The zero-order chi connectivity index (χ0) is 22.3. The minimum Gasteiger partial charge on any atom is -0.390 e. The molecule has 2 aromatic rings. The molecule has 19 heteroatoms. The summed E-state index contributed by atoms with van der Waals surface area (Å²) in [6.45, 7) is -0.669. The number of aromatic nitrogens is 3. The van der Waals surface area contributed by atoms with Gasteiger partial charge in [-0.15, -0.1) is 0 Å². The molecule has 0 radical (unpaired) electrons. The number of nitrogens with two attached hydrogens (primary N) is 1. The number of aliphatic hydroxyl groups is 1. The van der Waals surface area contributed by atoms with Crippen LogP contribution in [0.4, 0.5) is 5.82 Å². The molecule has 0 saturated carbocycles. The predicted octanol–water partition coefficient (Wildman–Crippen LogP) is -0.154. The van der Waals surface area contributed by atoms with E-state index in [0.29, 0.717) is 11.2 Å². The molecule has 0 bridgehead atoms. The zero-order valence-electron chi connectivity index (χ0n) is 14.7. The van der Waals surface area contributed by atoms with E-state index in [9.17, 15) is 23.7 Å². The van der Waals surface area contributed by atoms with Crippen molar-refractivity contribution in [2.75, 3.05) is 12.3 Å². The number of anilines is 1. The second-order valence-corrected chi connectivity index (χ2v) is 10.5. The van der Waals surface area contributed by atoms with Crippen LogP contribution < -0.4 is 5.73 Å². The van der Waals surface area contributed by atoms with Crippen LogP contribution in [-0.4, -0.2) is 58.1 Å². The van der Waals surface area contributed by atoms with E-state index in [0.717, 1.165) is 0 Å². The maximum Gasteiger partial charge on any atom is 0.490 e. The summed E-state index contributed by atoms with van der Waals surface area (Å²) in [6, 6.07) is 3.21. The van der Waals surface area contributed by atoms with Crippen molar-refractivity contribution >= 4 is 34.8 Å². The topological polar surface area (TPSA) is 245 Å². The Morgan fingerprint density at radius 2 is 1.87 bits per heavy atom. The monoisotopic (exact) mass is 490 g/mol. The lowest BCUT2D eigenvalue weighted by Crippen LogP contribution is -2.16. The van der Waals surface area contributed by atoms with Crippen LogP contribution in [0.5, 0.6) is 0 Å². The quantitative estimate of drug-likeness (QED) is 0.263. The van der Waals surface area contributed by atoms with Gasteiger partial charge < -0.3 is 35.2 Å². The first kappa shape index (κ1) is 23.4. The molecule has 5 atom stereocenters. The maximum atomic E-state index is 11.8. The smallest absolute Gasteiger partial charge is 0.390 e. The minimum absolute atomic E-state index is 0.0474. The third-order valence-corrected chi connectivity index (χ3v) is 7.64. The normalized spacial score (nSPS) is 26.5. The van der Waals surface area contributed by atoms with Gasteiger partial charge in [0.15, 0.2) is 5.82 Å². The second kappa shape index (κ2) is 8.36. The molecule has 3 heterocycles. The number of hydrogen-bond acceptors (Lipinski definition) is 11. The van der Waals surface area contributed by atoms with Crippen LogP contribution in [0.3, 0.4) is 0 Å². The van der Waals surface area contributed by atoms with Crippen molar-refractivity contribution in [3.63, 3.8) is 0 Å². The number of phosphoric acid groups is 3. The highest BCUT2D eigenvalue weighted by molar-refractivity contribution is 7.66. The number of nitrogen functional groups attached to an aromatic ring is 1. The van der Waals surface area contributed by atoms with E-state index in [1.54, 1.807) is 12.1 Å². The maximum absolute atomic E-state index is 11.8. The Balaban J connectivity index is 1.63. The van der Waals surface area contributed by atoms with E-state index in [4.69, 9.17) is 25.2 Å². The summed E-state index contributed by atoms with van der Waals surface area (Å²) in [5.41, 5.74) is 6.64. The lowest BCUT2D eigenvalue weighted by molar-refractivity contribution is -0.0135. The Bertz CT molecular complexity index is 1070. The molecule has 30 heavy (non-hydrogen) atoms. The van der Waals surface area contributed by atoms with Crippen molar-refractivity contribution in [3.05, 3.63) is 24.2 Å². The molecule has 1 fully saturated rings. The van der Waals surface area contributed by atoms with E-state index >= 15 is 0 Å². The fraction of sp³-hybridized carbons (Fsp3) is 0.455. The first-order valence-electron chi connectivity index (χ1n) is 7.96. The van der Waals surface area contributed by atoms with E-state index < -0.39 is 48.4 Å². The van der Waals surface area contributed by atoms with Crippen molar-refractivity contribution in [2.45, 2.75) is 24.7 Å². The van der Waals surface area contributed by atoms with Crippen LogP contribution in [0, 0.1) is 0 Å². The van der Waals surface area contributed by atoms with E-state index in [1.807, 2.05) is 0 Å². The first-order valence-corrected chi connectivity index (χ1v) is 12.5. The summed E-state index contributed by atoms with van der Waals surface area (Å²) in [7, 11) is -16.4. The van der Waals surface area contributed by atoms with Gasteiger partial charge in [0, 0.05) is 6.42 Å². The van der Waals surface area contributed by atoms with E-state index in [2.05, 4.69) is 23.2 Å². The molecule has 7 N–H and O–H groups in total. The van der Waals surface area contributed by atoms with Crippen molar-refractivity contribution in [2.24, 2.45) is 0 Å². The van der Waals surface area contributed by atoms with Crippen LogP contribution in [0.25, 0.3) is 5.52 Å². The van der Waals surface area contributed by atoms with Crippen LogP contribution in [0.15, 0.2) is 18.5 Å². The number of ether oxygens (including phenoxy) is 1. The second-order valence-electron chi connectivity index (χ2n) is 6.07. The van der Waals surface area contributed by atoms with Crippen LogP contribution in [-0.2, 0) is 31.6 Å². The zero-order valence-corrected chi connectivity index (χ0v) is 17.4. The highest BCUT2D eigenvalue weighted by Gasteiger charge is 2.42. The molecule has 1 aliphatic rings. The lowest BCUT2D eigenvalue weighted by atomic mass is 10.1. The van der Waals surface area contributed by atoms with Crippen molar-refractivity contribution in [1.29, 1.82) is 0 Å². The van der Waals surface area contributed by atoms with Crippen LogP contribution in [0.2, 0.25) is 0 Å². The molecule has 1 aliphatic heterocycles. The molecule has 2 unspecified atom stereocenters. The third kappa shape index (κ3) is 5.71. The number of nitrogens with zero attached hydrogens (tertiary/aromatic N) is 3. The molecular formula is C11H17N4O12P3. The summed E-state index contributed by atoms with van der Waals surface area (Å²) in [6.07, 6.45) is -1.75. The summed E-state index contributed by atoms with van der Waals surface area (Å²) < 4.78 is 52.4. The predicted molar refractivity (Wildman–Crippen MR) is 95.5 cm³/mol. The average molecular weight is 490 g/mol. The molecule has 0 spiro atoms. The van der Waals surface area contributed by atoms with Crippen molar-refractivity contribution < 1.29 is 56.3 Å². The van der Waals surface area contributed by atoms with E-state index in [-0.39, 0.29) is 12.2 Å². The SMILES string of the molecule is Nc1ncnn2c([C@@H]3O[C@H](COP(=O)(O)OP(=O)(O)OP(=O)(O)O)C[C@H]3O)ccc12. The fourth-order valence-corrected chi connectivity index (χ4v) is 5.84. The molecule has 0 amide bonds. The highest BCUT2D eigenvalue weighted by Crippen LogP contribution is 2.66. The third-order valence-electron chi connectivity index (χ3n) is 3.83. The van der Waals surface area contributed by atoms with Gasteiger partial charge in [0.25, 0.3) is 0 Å². The summed E-state index contributed by atoms with van der Waals surface area (Å²) in [5.74, 6) is 0.202. The largest absolute Gasteiger partial charge is 0.490 e. The van der Waals surface area contributed by atoms with Gasteiger partial charge in [-0.1, -0.05) is 0 Å². The van der Waals surface area contributed by atoms with Gasteiger partial charge >= 0.3 is 23.5 Å². The molecule has 2 aromatic heterocycles. The number of phosphoric ester groups is 1. The van der Waals surface area contributed by atoms with Gasteiger partial charge in [0.2, 0.25) is 0 Å². The molecule has 0 aliphatic carbocycles. The van der Waals surface area contributed by atoms with Crippen LogP contribution >= 0.6 is 23.5 Å². The molecular weight excluding hydrogens is 473 g/mol. The van der Waals surface area contributed by atoms with Gasteiger partial charge in [0.05, 0.1) is 24.5 Å². The van der Waals surface area contributed by atoms with E-state index in [1.165, 1.54) is 10.8 Å². The molecule has 1 saturated heterocycles. The number of fused-ring (bicyclic) bond motifs is 1. The van der Waals surface area contributed by atoms with Gasteiger partial charge in [-0.3, -0.25) is 4.52 Å². The standard InChI is InChI=1S/C11H17N4O12P3/c12-11-8-2-1-7(15(8)14-5-13-11)10-9(16)3-6(25-10)4-24-29(20,21)27-30(22,23)26-28(17,18)19/h1-2,5-6,9-10,16H,3-4H2,(H,20,21)(H,22,23)(H2,12,13,14)(H2,17,18,19)/t6-,9+,10-/m0/s1. The van der Waals surface area contributed by atoms with Crippen LogP contribution in [0.1, 0.15) is 18.2 Å². The Labute approximate surface area is 167 Å². The van der Waals surface area contributed by atoms with Gasteiger partial charge in [-0.2, -0.15) is 13.7 Å². The van der Waals surface area contributed by atoms with Crippen molar-refractivity contribution in [3.8, 4) is 0 Å². The fourth-order valence-electron chi connectivity index (χ4n) is 2.79. The summed E-state index contributed by atoms with van der Waals surface area (Å²) >= 11 is 0. The van der Waals surface area contributed by atoms with Crippen molar-refractivity contribution in [1.82, 2.24) is 14.6 Å².